The largest absolute Gasteiger partial charge is 0.387 e. The van der Waals surface area contributed by atoms with Gasteiger partial charge >= 0.3 is 0 Å². The van der Waals surface area contributed by atoms with Gasteiger partial charge in [0.25, 0.3) is 0 Å². The normalized spacial score (nSPS) is 13.5. The van der Waals surface area contributed by atoms with Crippen molar-refractivity contribution < 1.29 is 0 Å². The molecule has 1 aromatic rings. The van der Waals surface area contributed by atoms with Crippen molar-refractivity contribution in [1.29, 1.82) is 0 Å². The molecule has 0 heterocycles. The van der Waals surface area contributed by atoms with Crippen LogP contribution in [0, 0.1) is 6.92 Å². The molecule has 0 unspecified atom stereocenters. The van der Waals surface area contributed by atoms with Gasteiger partial charge in [0.2, 0.25) is 0 Å². The van der Waals surface area contributed by atoms with E-state index < -0.39 is 0 Å². The third kappa shape index (κ3) is 7.80. The molecule has 0 radical (unpaired) electrons. The Morgan fingerprint density at radius 2 is 1.54 bits per heavy atom. The van der Waals surface area contributed by atoms with Crippen LogP contribution >= 0.6 is 0 Å². The van der Waals surface area contributed by atoms with Gasteiger partial charge in [-0.3, -0.25) is 0 Å². The Balaban J connectivity index is 1.65. The van der Waals surface area contributed by atoms with Crippen LogP contribution in [0.4, 0.5) is 0 Å². The van der Waals surface area contributed by atoms with Gasteiger partial charge in [0.1, 0.15) is 0 Å². The highest BCUT2D eigenvalue weighted by molar-refractivity contribution is 5.33. The van der Waals surface area contributed by atoms with Crippen molar-refractivity contribution in [1.82, 2.24) is 10.6 Å². The first-order valence-corrected chi connectivity index (χ1v) is 10.8. The lowest BCUT2D eigenvalue weighted by molar-refractivity contribution is 0.664. The van der Waals surface area contributed by atoms with Crippen molar-refractivity contribution >= 4 is 0 Å². The van der Waals surface area contributed by atoms with Gasteiger partial charge in [0.15, 0.2) is 0 Å². The Morgan fingerprint density at radius 3 is 2.18 bits per heavy atom. The average Bonchev–Trinajstić information content (AvgIpc) is 2.71. The second kappa shape index (κ2) is 12.3. The number of nitrogens with one attached hydrogen (secondary N) is 2. The maximum absolute atomic E-state index is 4.00. The van der Waals surface area contributed by atoms with E-state index in [1.54, 1.807) is 11.1 Å². The number of hydrogen-bond acceptors (Lipinski definition) is 2. The lowest BCUT2D eigenvalue weighted by Gasteiger charge is -2.17. The van der Waals surface area contributed by atoms with Gasteiger partial charge < -0.3 is 10.6 Å². The SMILES string of the molecule is C=C(NC)C(=C)NCCCCC1=CCCC=C1CCCCc1cccc(C)c1. The molecular formula is C26H38N2. The first kappa shape index (κ1) is 22.1. The van der Waals surface area contributed by atoms with Gasteiger partial charge in [-0.2, -0.15) is 0 Å². The van der Waals surface area contributed by atoms with Crippen LogP contribution in [0.15, 0.2) is 72.1 Å². The quantitative estimate of drug-likeness (QED) is 0.308. The van der Waals surface area contributed by atoms with Gasteiger partial charge in [-0.25, -0.2) is 0 Å². The molecule has 2 heteroatoms. The molecule has 0 saturated heterocycles. The second-order valence-corrected chi connectivity index (χ2v) is 7.82. The highest BCUT2D eigenvalue weighted by Gasteiger charge is 2.09. The fourth-order valence-corrected chi connectivity index (χ4v) is 3.75. The third-order valence-electron chi connectivity index (χ3n) is 5.48. The molecule has 1 aliphatic carbocycles. The molecule has 0 fully saturated rings. The van der Waals surface area contributed by atoms with Crippen LogP contribution < -0.4 is 10.6 Å². The average molecular weight is 379 g/mol. The standard InChI is InChI=1S/C26H38N2/c1-21-12-11-14-24(20-21)13-5-6-15-25-16-7-8-17-26(25)18-9-10-19-28-23(3)22(2)27-4/h11-12,14,16-17,20,27-28H,2-3,5-10,13,15,18-19H2,1,4H3. The minimum absolute atomic E-state index is 0.867. The fourth-order valence-electron chi connectivity index (χ4n) is 3.75. The zero-order valence-corrected chi connectivity index (χ0v) is 17.9. The molecule has 1 aromatic carbocycles. The van der Waals surface area contributed by atoms with E-state index in [0.717, 1.165) is 24.4 Å². The third-order valence-corrected chi connectivity index (χ3v) is 5.48. The monoisotopic (exact) mass is 378 g/mol. The van der Waals surface area contributed by atoms with Crippen LogP contribution in [-0.4, -0.2) is 13.6 Å². The summed E-state index contributed by atoms with van der Waals surface area (Å²) in [6.45, 7) is 11.1. The van der Waals surface area contributed by atoms with E-state index in [4.69, 9.17) is 0 Å². The summed E-state index contributed by atoms with van der Waals surface area (Å²) >= 11 is 0. The molecule has 2 rings (SSSR count). The van der Waals surface area contributed by atoms with Gasteiger partial charge in [-0.15, -0.1) is 0 Å². The Morgan fingerprint density at radius 1 is 0.893 bits per heavy atom. The molecule has 0 bridgehead atoms. The summed E-state index contributed by atoms with van der Waals surface area (Å²) in [5.41, 5.74) is 7.81. The Hall–Kier alpha value is -2.22. The number of benzene rings is 1. The zero-order valence-electron chi connectivity index (χ0n) is 17.9. The summed E-state index contributed by atoms with van der Waals surface area (Å²) in [5, 5.41) is 6.38. The molecule has 0 spiro atoms. The van der Waals surface area contributed by atoms with Crippen molar-refractivity contribution in [2.75, 3.05) is 13.6 Å². The topological polar surface area (TPSA) is 24.1 Å². The highest BCUT2D eigenvalue weighted by Crippen LogP contribution is 2.27. The van der Waals surface area contributed by atoms with Crippen molar-refractivity contribution in [2.45, 2.75) is 64.7 Å². The molecular weight excluding hydrogens is 340 g/mol. The summed E-state index contributed by atoms with van der Waals surface area (Å²) in [5.74, 6) is 0. The molecule has 2 nitrogen and oxygen atoms in total. The molecule has 28 heavy (non-hydrogen) atoms. The Bertz CT molecular complexity index is 709. The number of likely N-dealkylation sites (N-methyl/N-ethyl adjacent to an activating group) is 1. The van der Waals surface area contributed by atoms with E-state index >= 15 is 0 Å². The first-order valence-electron chi connectivity index (χ1n) is 10.8. The van der Waals surface area contributed by atoms with Gasteiger partial charge in [-0.05, 0) is 81.4 Å². The molecule has 0 aliphatic heterocycles. The lowest BCUT2D eigenvalue weighted by atomic mass is 9.90. The van der Waals surface area contributed by atoms with E-state index in [2.05, 4.69) is 67.1 Å². The minimum Gasteiger partial charge on any atom is -0.387 e. The molecule has 0 saturated carbocycles. The van der Waals surface area contributed by atoms with E-state index in [1.165, 1.54) is 62.5 Å². The molecule has 2 N–H and O–H groups in total. The zero-order chi connectivity index (χ0) is 20.2. The Labute approximate surface area is 172 Å². The van der Waals surface area contributed by atoms with E-state index in [9.17, 15) is 0 Å². The predicted octanol–water partition coefficient (Wildman–Crippen LogP) is 6.36. The van der Waals surface area contributed by atoms with E-state index in [-0.39, 0.29) is 0 Å². The summed E-state index contributed by atoms with van der Waals surface area (Å²) in [6, 6.07) is 8.93. The summed E-state index contributed by atoms with van der Waals surface area (Å²) in [7, 11) is 1.87. The molecule has 0 atom stereocenters. The molecule has 1 aliphatic rings. The highest BCUT2D eigenvalue weighted by atomic mass is 14.9. The number of aryl methyl sites for hydroxylation is 2. The van der Waals surface area contributed by atoms with Crippen LogP contribution in [0.1, 0.15) is 62.5 Å². The predicted molar refractivity (Wildman–Crippen MR) is 123 cm³/mol. The maximum Gasteiger partial charge on any atom is 0.0496 e. The molecule has 152 valence electrons. The minimum atomic E-state index is 0.867. The Kier molecular flexibility index (Phi) is 9.68. The first-order chi connectivity index (χ1) is 13.6. The van der Waals surface area contributed by atoms with Gasteiger partial charge in [-0.1, -0.05) is 55.1 Å². The number of rotatable bonds is 13. The number of unbranched alkanes of at least 4 members (excludes halogenated alkanes) is 2. The number of hydrogen-bond donors (Lipinski definition) is 2. The molecule has 0 aromatic heterocycles. The summed E-state index contributed by atoms with van der Waals surface area (Å²) in [6.07, 6.45) is 15.9. The fraction of sp³-hybridized carbons (Fsp3) is 0.462. The number of allylic oxidation sites excluding steroid dienone is 4. The van der Waals surface area contributed by atoms with Crippen LogP contribution in [0.2, 0.25) is 0 Å². The smallest absolute Gasteiger partial charge is 0.0496 e. The lowest BCUT2D eigenvalue weighted by Crippen LogP contribution is -2.20. The van der Waals surface area contributed by atoms with Crippen molar-refractivity contribution in [3.05, 3.63) is 83.2 Å². The van der Waals surface area contributed by atoms with E-state index in [0.29, 0.717) is 0 Å². The van der Waals surface area contributed by atoms with Crippen molar-refractivity contribution in [3.63, 3.8) is 0 Å². The van der Waals surface area contributed by atoms with Crippen LogP contribution in [0.3, 0.4) is 0 Å². The van der Waals surface area contributed by atoms with Crippen molar-refractivity contribution in [3.8, 4) is 0 Å². The van der Waals surface area contributed by atoms with Crippen LogP contribution in [0.5, 0.6) is 0 Å². The maximum atomic E-state index is 4.00. The molecule has 0 amide bonds. The van der Waals surface area contributed by atoms with Crippen molar-refractivity contribution in [2.24, 2.45) is 0 Å². The van der Waals surface area contributed by atoms with Crippen LogP contribution in [-0.2, 0) is 6.42 Å². The summed E-state index contributed by atoms with van der Waals surface area (Å²) < 4.78 is 0. The van der Waals surface area contributed by atoms with Gasteiger partial charge in [0, 0.05) is 25.0 Å². The van der Waals surface area contributed by atoms with Crippen LogP contribution in [0.25, 0.3) is 0 Å². The summed E-state index contributed by atoms with van der Waals surface area (Å²) in [4.78, 5) is 0. The van der Waals surface area contributed by atoms with E-state index in [1.807, 2.05) is 7.05 Å². The second-order valence-electron chi connectivity index (χ2n) is 7.82. The van der Waals surface area contributed by atoms with Gasteiger partial charge in [0.05, 0.1) is 0 Å².